The van der Waals surface area contributed by atoms with Crippen LogP contribution in [0, 0.1) is 0 Å². The number of thioether (sulfide) groups is 1. The van der Waals surface area contributed by atoms with Crippen molar-refractivity contribution in [1.82, 2.24) is 4.90 Å². The lowest BCUT2D eigenvalue weighted by molar-refractivity contribution is -0.117. The Morgan fingerprint density at radius 1 is 1.12 bits per heavy atom. The van der Waals surface area contributed by atoms with Crippen molar-refractivity contribution in [2.45, 2.75) is 18.4 Å². The summed E-state index contributed by atoms with van der Waals surface area (Å²) in [6, 6.07) is 15.8. The quantitative estimate of drug-likeness (QED) is 0.738. The van der Waals surface area contributed by atoms with Gasteiger partial charge in [-0.25, -0.2) is 0 Å². The molecule has 0 aliphatic rings. The van der Waals surface area contributed by atoms with Crippen LogP contribution >= 0.6 is 11.8 Å². The monoisotopic (exact) mass is 344 g/mol. The van der Waals surface area contributed by atoms with Gasteiger partial charge in [-0.05, 0) is 62.2 Å². The Morgan fingerprint density at radius 3 is 2.38 bits per heavy atom. The third kappa shape index (κ3) is 5.91. The minimum Gasteiger partial charge on any atom is -0.494 e. The first-order valence-electron chi connectivity index (χ1n) is 7.95. The number of anilines is 1. The van der Waals surface area contributed by atoms with Gasteiger partial charge < -0.3 is 10.1 Å². The SMILES string of the molecule is CCOc1ccc(NC(=O)CN(C)Cc2ccc(SC)cc2)cc1. The van der Waals surface area contributed by atoms with E-state index in [0.717, 1.165) is 18.0 Å². The van der Waals surface area contributed by atoms with E-state index in [0.29, 0.717) is 13.2 Å². The van der Waals surface area contributed by atoms with Crippen LogP contribution in [-0.2, 0) is 11.3 Å². The molecule has 0 heterocycles. The molecule has 4 nitrogen and oxygen atoms in total. The molecule has 0 aliphatic carbocycles. The Hall–Kier alpha value is -1.98. The number of carbonyl (C=O) groups is 1. The molecule has 1 N–H and O–H groups in total. The smallest absolute Gasteiger partial charge is 0.238 e. The highest BCUT2D eigenvalue weighted by molar-refractivity contribution is 7.98. The van der Waals surface area contributed by atoms with Gasteiger partial charge in [0.1, 0.15) is 5.75 Å². The molecule has 0 fully saturated rings. The summed E-state index contributed by atoms with van der Waals surface area (Å²) in [7, 11) is 1.94. The van der Waals surface area contributed by atoms with Crippen molar-refractivity contribution in [2.24, 2.45) is 0 Å². The van der Waals surface area contributed by atoms with Gasteiger partial charge >= 0.3 is 0 Å². The molecule has 24 heavy (non-hydrogen) atoms. The topological polar surface area (TPSA) is 41.6 Å². The van der Waals surface area contributed by atoms with E-state index in [4.69, 9.17) is 4.74 Å². The average molecular weight is 344 g/mol. The minimum absolute atomic E-state index is 0.0256. The summed E-state index contributed by atoms with van der Waals surface area (Å²) in [5.41, 5.74) is 1.98. The van der Waals surface area contributed by atoms with Crippen LogP contribution in [0.25, 0.3) is 0 Å². The Kier molecular flexibility index (Phi) is 7.15. The summed E-state index contributed by atoms with van der Waals surface area (Å²) >= 11 is 1.73. The second-order valence-electron chi connectivity index (χ2n) is 5.53. The van der Waals surface area contributed by atoms with Crippen LogP contribution in [0.5, 0.6) is 5.75 Å². The van der Waals surface area contributed by atoms with Gasteiger partial charge in [0.25, 0.3) is 0 Å². The van der Waals surface area contributed by atoms with Crippen molar-refractivity contribution in [1.29, 1.82) is 0 Å². The predicted octanol–water partition coefficient (Wildman–Crippen LogP) is 3.88. The molecule has 5 heteroatoms. The molecule has 0 atom stereocenters. The lowest BCUT2D eigenvalue weighted by Crippen LogP contribution is -2.29. The van der Waals surface area contributed by atoms with Gasteiger partial charge in [0, 0.05) is 17.1 Å². The van der Waals surface area contributed by atoms with Gasteiger partial charge in [-0.2, -0.15) is 0 Å². The maximum atomic E-state index is 12.1. The highest BCUT2D eigenvalue weighted by Gasteiger charge is 2.08. The second kappa shape index (κ2) is 9.35. The average Bonchev–Trinajstić information content (AvgIpc) is 2.57. The first-order valence-corrected chi connectivity index (χ1v) is 9.17. The fraction of sp³-hybridized carbons (Fsp3) is 0.316. The Bertz CT molecular complexity index is 641. The molecule has 2 aromatic rings. The number of carbonyl (C=O) groups excluding carboxylic acids is 1. The van der Waals surface area contributed by atoms with E-state index in [9.17, 15) is 4.79 Å². The highest BCUT2D eigenvalue weighted by atomic mass is 32.2. The zero-order valence-corrected chi connectivity index (χ0v) is 15.2. The largest absolute Gasteiger partial charge is 0.494 e. The van der Waals surface area contributed by atoms with Gasteiger partial charge in [-0.3, -0.25) is 9.69 Å². The molecule has 0 saturated heterocycles. The summed E-state index contributed by atoms with van der Waals surface area (Å²) in [4.78, 5) is 15.4. The van der Waals surface area contributed by atoms with E-state index < -0.39 is 0 Å². The van der Waals surface area contributed by atoms with E-state index >= 15 is 0 Å². The van der Waals surface area contributed by atoms with Crippen LogP contribution in [0.15, 0.2) is 53.4 Å². The minimum atomic E-state index is -0.0256. The molecule has 0 radical (unpaired) electrons. The van der Waals surface area contributed by atoms with Gasteiger partial charge in [-0.15, -0.1) is 11.8 Å². The van der Waals surface area contributed by atoms with E-state index in [1.807, 2.05) is 43.1 Å². The predicted molar refractivity (Wildman–Crippen MR) is 101 cm³/mol. The van der Waals surface area contributed by atoms with Crippen molar-refractivity contribution in [2.75, 3.05) is 31.8 Å². The molecule has 0 unspecified atom stereocenters. The normalized spacial score (nSPS) is 10.7. The van der Waals surface area contributed by atoms with Gasteiger partial charge in [-0.1, -0.05) is 12.1 Å². The third-order valence-electron chi connectivity index (χ3n) is 3.47. The molecule has 0 bridgehead atoms. The van der Waals surface area contributed by atoms with Crippen molar-refractivity contribution in [3.8, 4) is 5.75 Å². The summed E-state index contributed by atoms with van der Waals surface area (Å²) in [6.07, 6.45) is 2.06. The molecule has 0 saturated carbocycles. The van der Waals surface area contributed by atoms with E-state index in [2.05, 4.69) is 35.8 Å². The van der Waals surface area contributed by atoms with Crippen LogP contribution in [0.1, 0.15) is 12.5 Å². The van der Waals surface area contributed by atoms with Crippen molar-refractivity contribution in [3.63, 3.8) is 0 Å². The van der Waals surface area contributed by atoms with Gasteiger partial charge in [0.15, 0.2) is 0 Å². The zero-order chi connectivity index (χ0) is 17.4. The van der Waals surface area contributed by atoms with Crippen LogP contribution in [0.4, 0.5) is 5.69 Å². The Labute approximate surface area is 148 Å². The first kappa shape index (κ1) is 18.4. The fourth-order valence-corrected chi connectivity index (χ4v) is 2.75. The van der Waals surface area contributed by atoms with E-state index in [1.165, 1.54) is 10.5 Å². The summed E-state index contributed by atoms with van der Waals surface area (Å²) in [6.45, 7) is 3.66. The fourth-order valence-electron chi connectivity index (χ4n) is 2.35. The van der Waals surface area contributed by atoms with Crippen molar-refractivity contribution in [3.05, 3.63) is 54.1 Å². The molecule has 0 spiro atoms. The maximum Gasteiger partial charge on any atom is 0.238 e. The number of ether oxygens (including phenoxy) is 1. The van der Waals surface area contributed by atoms with Gasteiger partial charge in [0.05, 0.1) is 13.2 Å². The standard InChI is InChI=1S/C19H24N2O2S/c1-4-23-17-9-7-16(8-10-17)20-19(22)14-21(2)13-15-5-11-18(24-3)12-6-15/h5-12H,4,13-14H2,1-3H3,(H,20,22). The lowest BCUT2D eigenvalue weighted by atomic mass is 10.2. The van der Waals surface area contributed by atoms with Crippen LogP contribution in [0.3, 0.4) is 0 Å². The number of likely N-dealkylation sites (N-methyl/N-ethyl adjacent to an activating group) is 1. The maximum absolute atomic E-state index is 12.1. The molecule has 2 rings (SSSR count). The molecule has 2 aromatic carbocycles. The third-order valence-corrected chi connectivity index (χ3v) is 4.22. The zero-order valence-electron chi connectivity index (χ0n) is 14.4. The van der Waals surface area contributed by atoms with E-state index in [1.54, 1.807) is 11.8 Å². The molecular weight excluding hydrogens is 320 g/mol. The lowest BCUT2D eigenvalue weighted by Gasteiger charge is -2.16. The number of hydrogen-bond donors (Lipinski definition) is 1. The second-order valence-corrected chi connectivity index (χ2v) is 6.41. The summed E-state index contributed by atoms with van der Waals surface area (Å²) in [5, 5.41) is 2.91. The van der Waals surface area contributed by atoms with Gasteiger partial charge in [0.2, 0.25) is 5.91 Å². The molecule has 128 valence electrons. The number of nitrogens with one attached hydrogen (secondary N) is 1. The summed E-state index contributed by atoms with van der Waals surface area (Å²) in [5.74, 6) is 0.781. The van der Waals surface area contributed by atoms with Crippen LogP contribution in [-0.4, -0.2) is 37.3 Å². The number of nitrogens with zero attached hydrogens (tertiary/aromatic N) is 1. The van der Waals surface area contributed by atoms with Crippen molar-refractivity contribution < 1.29 is 9.53 Å². The molecule has 0 aromatic heterocycles. The Morgan fingerprint density at radius 2 is 1.79 bits per heavy atom. The highest BCUT2D eigenvalue weighted by Crippen LogP contribution is 2.17. The number of amides is 1. The number of rotatable bonds is 8. The van der Waals surface area contributed by atoms with Crippen LogP contribution < -0.4 is 10.1 Å². The Balaban J connectivity index is 1.82. The number of hydrogen-bond acceptors (Lipinski definition) is 4. The van der Waals surface area contributed by atoms with Crippen molar-refractivity contribution >= 4 is 23.4 Å². The number of benzene rings is 2. The molecule has 0 aliphatic heterocycles. The summed E-state index contributed by atoms with van der Waals surface area (Å²) < 4.78 is 5.39. The van der Waals surface area contributed by atoms with E-state index in [-0.39, 0.29) is 5.91 Å². The van der Waals surface area contributed by atoms with Crippen LogP contribution in [0.2, 0.25) is 0 Å². The first-order chi connectivity index (χ1) is 11.6. The molecular formula is C19H24N2O2S. The molecule has 1 amide bonds.